The highest BCUT2D eigenvalue weighted by Crippen LogP contribution is 2.07. The molecule has 90 valence electrons. The number of furan rings is 1. The summed E-state index contributed by atoms with van der Waals surface area (Å²) in [6, 6.07) is 3.38. The van der Waals surface area contributed by atoms with Gasteiger partial charge >= 0.3 is 0 Å². The second kappa shape index (κ2) is 7.00. The lowest BCUT2D eigenvalue weighted by atomic mass is 10.2. The van der Waals surface area contributed by atoms with Gasteiger partial charge in [-0.15, -0.1) is 0 Å². The lowest BCUT2D eigenvalue weighted by Gasteiger charge is -2.11. The van der Waals surface area contributed by atoms with Crippen LogP contribution in [0.5, 0.6) is 0 Å². The number of aliphatic hydroxyl groups is 1. The van der Waals surface area contributed by atoms with Crippen molar-refractivity contribution in [1.82, 2.24) is 0 Å². The molecule has 0 spiro atoms. The summed E-state index contributed by atoms with van der Waals surface area (Å²) in [6.07, 6.45) is 0.560. The highest BCUT2D eigenvalue weighted by Gasteiger charge is 2.18. The molecule has 0 fully saturated rings. The van der Waals surface area contributed by atoms with E-state index >= 15 is 0 Å². The Labute approximate surface area is 93.4 Å². The molecule has 0 saturated heterocycles. The largest absolute Gasteiger partial charge is 0.463 e. The highest BCUT2D eigenvalue weighted by atomic mass is 16.7. The van der Waals surface area contributed by atoms with Crippen molar-refractivity contribution < 1.29 is 23.8 Å². The maximum atomic E-state index is 9.79. The zero-order chi connectivity index (χ0) is 11.8. The molecule has 0 bridgehead atoms. The van der Waals surface area contributed by atoms with Gasteiger partial charge in [-0.1, -0.05) is 5.16 Å². The van der Waals surface area contributed by atoms with Gasteiger partial charge < -0.3 is 23.8 Å². The maximum absolute atomic E-state index is 9.79. The first kappa shape index (κ1) is 12.7. The molecule has 0 aliphatic carbocycles. The predicted octanol–water partition coefficient (Wildman–Crippen LogP) is 0.612. The van der Waals surface area contributed by atoms with Crippen LogP contribution in [-0.2, 0) is 14.3 Å². The molecule has 0 aromatic carbocycles. The summed E-state index contributed by atoms with van der Waals surface area (Å²) < 4.78 is 14.8. The Morgan fingerprint density at radius 1 is 1.56 bits per heavy atom. The van der Waals surface area contributed by atoms with Crippen LogP contribution in [0, 0.1) is 0 Å². The van der Waals surface area contributed by atoms with Crippen molar-refractivity contribution in [3.63, 3.8) is 0 Å². The molecule has 1 heterocycles. The third-order valence-electron chi connectivity index (χ3n) is 1.76. The first-order valence-electron chi connectivity index (χ1n) is 4.69. The summed E-state index contributed by atoms with van der Waals surface area (Å²) in [5.41, 5.74) is 0.281. The van der Waals surface area contributed by atoms with Gasteiger partial charge in [-0.05, 0) is 12.1 Å². The number of hydrogen-bond acceptors (Lipinski definition) is 6. The zero-order valence-corrected chi connectivity index (χ0v) is 9.25. The summed E-state index contributed by atoms with van der Waals surface area (Å²) in [5, 5.41) is 13.5. The third-order valence-corrected chi connectivity index (χ3v) is 1.76. The van der Waals surface area contributed by atoms with E-state index in [4.69, 9.17) is 13.9 Å². The minimum Gasteiger partial charge on any atom is -0.463 e. The lowest BCUT2D eigenvalue weighted by Crippen LogP contribution is -2.27. The van der Waals surface area contributed by atoms with Crippen molar-refractivity contribution in [2.24, 2.45) is 5.16 Å². The molecule has 1 aromatic heterocycles. The molecule has 1 N–H and O–H groups in total. The van der Waals surface area contributed by atoms with Gasteiger partial charge in [0.15, 0.2) is 11.5 Å². The van der Waals surface area contributed by atoms with Crippen LogP contribution in [0.1, 0.15) is 5.76 Å². The highest BCUT2D eigenvalue weighted by molar-refractivity contribution is 6.01. The molecule has 1 unspecified atom stereocenters. The normalized spacial score (nSPS) is 13.8. The standard InChI is InChI=1S/C10H15NO5/c1-13-7-15-6-8(12)10(11-14-2)9-4-3-5-16-9/h3-5,8,12H,6-7H2,1-2H3/b11-10-. The summed E-state index contributed by atoms with van der Waals surface area (Å²) in [7, 11) is 2.90. The monoisotopic (exact) mass is 229 g/mol. The van der Waals surface area contributed by atoms with Gasteiger partial charge in [0, 0.05) is 7.11 Å². The topological polar surface area (TPSA) is 73.4 Å². The second-order valence-corrected chi connectivity index (χ2v) is 2.93. The van der Waals surface area contributed by atoms with Crippen molar-refractivity contribution in [2.45, 2.75) is 6.10 Å². The number of oxime groups is 1. The van der Waals surface area contributed by atoms with E-state index < -0.39 is 6.10 Å². The zero-order valence-electron chi connectivity index (χ0n) is 9.25. The van der Waals surface area contributed by atoms with E-state index in [1.807, 2.05) is 0 Å². The molecule has 1 aromatic rings. The number of ether oxygens (including phenoxy) is 2. The molecule has 6 heteroatoms. The molecule has 0 saturated carbocycles. The second-order valence-electron chi connectivity index (χ2n) is 2.93. The van der Waals surface area contributed by atoms with E-state index in [2.05, 4.69) is 9.99 Å². The van der Waals surface area contributed by atoms with Gasteiger partial charge in [-0.25, -0.2) is 0 Å². The van der Waals surface area contributed by atoms with E-state index in [9.17, 15) is 5.11 Å². The molecule has 1 rings (SSSR count). The Balaban J connectivity index is 2.60. The Bertz CT molecular complexity index is 309. The van der Waals surface area contributed by atoms with Crippen LogP contribution in [0.3, 0.4) is 0 Å². The number of rotatable bonds is 7. The number of nitrogens with zero attached hydrogens (tertiary/aromatic N) is 1. The van der Waals surface area contributed by atoms with Crippen molar-refractivity contribution in [1.29, 1.82) is 0 Å². The quantitative estimate of drug-likeness (QED) is 0.321. The molecule has 0 aliphatic heterocycles. The van der Waals surface area contributed by atoms with Gasteiger partial charge in [-0.2, -0.15) is 0 Å². The van der Waals surface area contributed by atoms with Crippen LogP contribution in [-0.4, -0.2) is 44.5 Å². The smallest absolute Gasteiger partial charge is 0.154 e. The van der Waals surface area contributed by atoms with Gasteiger partial charge in [0.1, 0.15) is 20.0 Å². The summed E-state index contributed by atoms with van der Waals surface area (Å²) in [4.78, 5) is 4.64. The van der Waals surface area contributed by atoms with Crippen molar-refractivity contribution in [2.75, 3.05) is 27.6 Å². The van der Waals surface area contributed by atoms with Gasteiger partial charge in [0.25, 0.3) is 0 Å². The summed E-state index contributed by atoms with van der Waals surface area (Å²) >= 11 is 0. The van der Waals surface area contributed by atoms with Crippen LogP contribution in [0.2, 0.25) is 0 Å². The molecule has 0 aliphatic rings. The van der Waals surface area contributed by atoms with Gasteiger partial charge in [-0.3, -0.25) is 0 Å². The fourth-order valence-corrected chi connectivity index (χ4v) is 1.11. The van der Waals surface area contributed by atoms with Crippen LogP contribution in [0.15, 0.2) is 28.0 Å². The average molecular weight is 229 g/mol. The fraction of sp³-hybridized carbons (Fsp3) is 0.500. The van der Waals surface area contributed by atoms with Crippen LogP contribution >= 0.6 is 0 Å². The molecule has 1 atom stereocenters. The minimum atomic E-state index is -0.929. The number of hydrogen-bond donors (Lipinski definition) is 1. The molecular weight excluding hydrogens is 214 g/mol. The Morgan fingerprint density at radius 3 is 2.94 bits per heavy atom. The first-order valence-corrected chi connectivity index (χ1v) is 4.69. The molecule has 6 nitrogen and oxygen atoms in total. The fourth-order valence-electron chi connectivity index (χ4n) is 1.11. The number of aliphatic hydroxyl groups excluding tert-OH is 1. The maximum Gasteiger partial charge on any atom is 0.154 e. The molecule has 0 amide bonds. The number of methoxy groups -OCH3 is 1. The third kappa shape index (κ3) is 3.65. The Kier molecular flexibility index (Phi) is 5.55. The van der Waals surface area contributed by atoms with E-state index in [1.165, 1.54) is 20.5 Å². The van der Waals surface area contributed by atoms with Gasteiger partial charge in [0.2, 0.25) is 0 Å². The van der Waals surface area contributed by atoms with Crippen LogP contribution in [0.4, 0.5) is 0 Å². The average Bonchev–Trinajstić information content (AvgIpc) is 2.79. The summed E-state index contributed by atoms with van der Waals surface area (Å²) in [5.74, 6) is 0.440. The van der Waals surface area contributed by atoms with Gasteiger partial charge in [0.05, 0.1) is 12.9 Å². The van der Waals surface area contributed by atoms with Crippen LogP contribution < -0.4 is 0 Å². The lowest BCUT2D eigenvalue weighted by molar-refractivity contribution is -0.0501. The molecule has 16 heavy (non-hydrogen) atoms. The Morgan fingerprint density at radius 2 is 2.38 bits per heavy atom. The van der Waals surface area contributed by atoms with Crippen LogP contribution in [0.25, 0.3) is 0 Å². The molecular formula is C10H15NO5. The first-order chi connectivity index (χ1) is 7.79. The van der Waals surface area contributed by atoms with Crippen molar-refractivity contribution in [3.8, 4) is 0 Å². The van der Waals surface area contributed by atoms with E-state index in [-0.39, 0.29) is 19.1 Å². The predicted molar refractivity (Wildman–Crippen MR) is 56.1 cm³/mol. The minimum absolute atomic E-state index is 0.0523. The summed E-state index contributed by atoms with van der Waals surface area (Å²) in [6.45, 7) is 0.159. The SMILES string of the molecule is COCOCC(O)/C(=N/OC)c1ccco1. The van der Waals surface area contributed by atoms with Crippen molar-refractivity contribution >= 4 is 5.71 Å². The van der Waals surface area contributed by atoms with Crippen molar-refractivity contribution in [3.05, 3.63) is 24.2 Å². The van der Waals surface area contributed by atoms with E-state index in [1.54, 1.807) is 12.1 Å². The Hall–Kier alpha value is -1.37. The molecule has 0 radical (unpaired) electrons. The van der Waals surface area contributed by atoms with E-state index in [0.717, 1.165) is 0 Å². The van der Waals surface area contributed by atoms with E-state index in [0.29, 0.717) is 5.76 Å².